The van der Waals surface area contributed by atoms with Crippen LogP contribution in [0.2, 0.25) is 0 Å². The number of fused-ring (bicyclic) bond motifs is 12. The van der Waals surface area contributed by atoms with Gasteiger partial charge in [0.1, 0.15) is 16.7 Å². The first kappa shape index (κ1) is 37.0. The summed E-state index contributed by atoms with van der Waals surface area (Å²) in [5.74, 6) is 0. The molecule has 2 aromatic heterocycles. The standard InChI is InChI=1S/C63H41NO2/c1-62(52-28-12-8-22-44(52)45-23-9-13-29-53(45)62)55-31-16-26-50-51-38-42(35-37-59(51)65-60(50)55)64(57-32-17-27-49-48-25-11-15-33-58(48)66-61(49)57)43-34-36-47-46-24-10-14-30-54(46)63(56(47)39-43,40-18-4-2-5-19-40)41-20-6-3-7-21-41/h2-39H,1H3. The average molecular weight is 844 g/mol. The van der Waals surface area contributed by atoms with Crippen LogP contribution in [0.25, 0.3) is 66.1 Å². The maximum Gasteiger partial charge on any atom is 0.159 e. The molecule has 0 radical (unpaired) electrons. The molecule has 2 aliphatic rings. The Balaban J connectivity index is 1.03. The minimum Gasteiger partial charge on any atom is -0.456 e. The molecule has 0 amide bonds. The Bertz CT molecular complexity index is 3830. The van der Waals surface area contributed by atoms with E-state index in [9.17, 15) is 0 Å². The molecule has 14 rings (SSSR count). The lowest BCUT2D eigenvalue weighted by Gasteiger charge is -2.35. The van der Waals surface area contributed by atoms with Gasteiger partial charge in [-0.1, -0.05) is 188 Å². The minimum atomic E-state index is -0.559. The van der Waals surface area contributed by atoms with Crippen LogP contribution in [0.3, 0.4) is 0 Å². The van der Waals surface area contributed by atoms with Crippen molar-refractivity contribution in [2.24, 2.45) is 0 Å². The highest BCUT2D eigenvalue weighted by atomic mass is 16.3. The van der Waals surface area contributed by atoms with Crippen LogP contribution in [-0.2, 0) is 10.8 Å². The van der Waals surface area contributed by atoms with Crippen molar-refractivity contribution < 1.29 is 8.83 Å². The number of benzene rings is 10. The Morgan fingerprint density at radius 2 is 0.818 bits per heavy atom. The molecule has 0 unspecified atom stereocenters. The van der Waals surface area contributed by atoms with E-state index < -0.39 is 10.8 Å². The third-order valence-electron chi connectivity index (χ3n) is 14.8. The lowest BCUT2D eigenvalue weighted by molar-refractivity contribution is 0.638. The van der Waals surface area contributed by atoms with E-state index in [1.165, 1.54) is 55.6 Å². The van der Waals surface area contributed by atoms with Crippen molar-refractivity contribution in [2.45, 2.75) is 17.8 Å². The second kappa shape index (κ2) is 13.8. The number of para-hydroxylation sites is 3. The fourth-order valence-corrected chi connectivity index (χ4v) is 12.0. The predicted octanol–water partition coefficient (Wildman–Crippen LogP) is 16.7. The number of furan rings is 2. The highest BCUT2D eigenvalue weighted by Gasteiger charge is 2.47. The van der Waals surface area contributed by atoms with Crippen LogP contribution < -0.4 is 4.90 Å². The summed E-state index contributed by atoms with van der Waals surface area (Å²) in [5, 5.41) is 4.32. The summed E-state index contributed by atoms with van der Waals surface area (Å²) in [7, 11) is 0. The first-order valence-electron chi connectivity index (χ1n) is 22.8. The fourth-order valence-electron chi connectivity index (χ4n) is 12.0. The van der Waals surface area contributed by atoms with Crippen LogP contribution in [0.5, 0.6) is 0 Å². The van der Waals surface area contributed by atoms with Gasteiger partial charge in [-0.15, -0.1) is 0 Å². The summed E-state index contributed by atoms with van der Waals surface area (Å²) in [6, 6.07) is 83.9. The molecule has 0 atom stereocenters. The van der Waals surface area contributed by atoms with Crippen LogP contribution in [0.1, 0.15) is 45.9 Å². The summed E-state index contributed by atoms with van der Waals surface area (Å²) >= 11 is 0. The van der Waals surface area contributed by atoms with Crippen molar-refractivity contribution in [1.29, 1.82) is 0 Å². The van der Waals surface area contributed by atoms with Crippen LogP contribution >= 0.6 is 0 Å². The van der Waals surface area contributed by atoms with Gasteiger partial charge in [0.15, 0.2) is 5.58 Å². The number of nitrogens with zero attached hydrogens (tertiary/aromatic N) is 1. The van der Waals surface area contributed by atoms with Crippen LogP contribution in [0.15, 0.2) is 239 Å². The lowest BCUT2D eigenvalue weighted by Crippen LogP contribution is -2.28. The van der Waals surface area contributed by atoms with Crippen molar-refractivity contribution in [1.82, 2.24) is 0 Å². The Hall–Kier alpha value is -8.40. The van der Waals surface area contributed by atoms with Crippen LogP contribution in [0, 0.1) is 0 Å². The monoisotopic (exact) mass is 843 g/mol. The summed E-state index contributed by atoms with van der Waals surface area (Å²) in [4.78, 5) is 2.39. The molecule has 12 aromatic rings. The van der Waals surface area contributed by atoms with Gasteiger partial charge >= 0.3 is 0 Å². The van der Waals surface area contributed by atoms with Gasteiger partial charge in [0.25, 0.3) is 0 Å². The van der Waals surface area contributed by atoms with Crippen LogP contribution in [-0.4, -0.2) is 0 Å². The van der Waals surface area contributed by atoms with Gasteiger partial charge in [-0.2, -0.15) is 0 Å². The molecule has 310 valence electrons. The third-order valence-corrected chi connectivity index (χ3v) is 14.8. The first-order chi connectivity index (χ1) is 32.6. The normalized spacial score (nSPS) is 14.1. The molecule has 2 aliphatic carbocycles. The van der Waals surface area contributed by atoms with Gasteiger partial charge in [0, 0.05) is 43.9 Å². The van der Waals surface area contributed by atoms with Gasteiger partial charge in [0.05, 0.1) is 11.1 Å². The zero-order valence-corrected chi connectivity index (χ0v) is 36.2. The van der Waals surface area contributed by atoms with Crippen molar-refractivity contribution in [3.05, 3.63) is 269 Å². The van der Waals surface area contributed by atoms with E-state index in [0.29, 0.717) is 0 Å². The number of rotatable bonds is 6. The molecule has 3 heteroatoms. The largest absolute Gasteiger partial charge is 0.456 e. The Morgan fingerprint density at radius 1 is 0.333 bits per heavy atom. The van der Waals surface area contributed by atoms with Crippen molar-refractivity contribution in [3.63, 3.8) is 0 Å². The van der Waals surface area contributed by atoms with E-state index in [1.807, 2.05) is 6.07 Å². The zero-order chi connectivity index (χ0) is 43.6. The highest BCUT2D eigenvalue weighted by Crippen LogP contribution is 2.58. The zero-order valence-electron chi connectivity index (χ0n) is 36.2. The van der Waals surface area contributed by atoms with Gasteiger partial charge < -0.3 is 13.7 Å². The average Bonchev–Trinajstić information content (AvgIpc) is 4.11. The molecule has 3 nitrogen and oxygen atoms in total. The van der Waals surface area contributed by atoms with E-state index in [2.05, 4.69) is 236 Å². The van der Waals surface area contributed by atoms with E-state index >= 15 is 0 Å². The second-order valence-electron chi connectivity index (χ2n) is 18.0. The molecule has 10 aromatic carbocycles. The molecule has 0 bridgehead atoms. The number of hydrogen-bond donors (Lipinski definition) is 0. The molecule has 0 saturated heterocycles. The Labute approximate surface area is 382 Å². The first-order valence-corrected chi connectivity index (χ1v) is 22.8. The van der Waals surface area contributed by atoms with Gasteiger partial charge in [-0.25, -0.2) is 0 Å². The molecule has 0 aliphatic heterocycles. The van der Waals surface area contributed by atoms with Crippen molar-refractivity contribution in [3.8, 4) is 22.3 Å². The molecule has 0 N–H and O–H groups in total. The van der Waals surface area contributed by atoms with Crippen molar-refractivity contribution in [2.75, 3.05) is 4.90 Å². The van der Waals surface area contributed by atoms with Gasteiger partial charge in [-0.05, 0) is 105 Å². The quantitative estimate of drug-likeness (QED) is 0.167. The molecule has 2 heterocycles. The van der Waals surface area contributed by atoms with E-state index in [-0.39, 0.29) is 0 Å². The summed E-state index contributed by atoms with van der Waals surface area (Å²) in [6.45, 7) is 2.36. The van der Waals surface area contributed by atoms with E-state index in [0.717, 1.165) is 66.5 Å². The van der Waals surface area contributed by atoms with Crippen LogP contribution in [0.4, 0.5) is 17.1 Å². The maximum atomic E-state index is 7.03. The topological polar surface area (TPSA) is 29.5 Å². The van der Waals surface area contributed by atoms with E-state index in [1.54, 1.807) is 0 Å². The number of anilines is 3. The Morgan fingerprint density at radius 3 is 1.53 bits per heavy atom. The molecule has 66 heavy (non-hydrogen) atoms. The number of hydrogen-bond acceptors (Lipinski definition) is 3. The SMILES string of the molecule is CC1(c2cccc3c2oc2ccc(N(c4ccc5c(c4)C(c4ccccc4)(c4ccccc4)c4ccccc4-5)c4cccc5c4oc4ccccc45)cc23)c2ccccc2-c2ccccc21. The van der Waals surface area contributed by atoms with E-state index in [4.69, 9.17) is 8.83 Å². The maximum absolute atomic E-state index is 7.03. The molecular formula is C63H41NO2. The third kappa shape index (κ3) is 4.92. The van der Waals surface area contributed by atoms with Gasteiger partial charge in [-0.3, -0.25) is 0 Å². The molecule has 0 fully saturated rings. The summed E-state index contributed by atoms with van der Waals surface area (Å²) in [5.41, 5.74) is 19.3. The molecule has 0 saturated carbocycles. The van der Waals surface area contributed by atoms with Gasteiger partial charge in [0.2, 0.25) is 0 Å². The minimum absolute atomic E-state index is 0.404. The predicted molar refractivity (Wildman–Crippen MR) is 270 cm³/mol. The second-order valence-corrected chi connectivity index (χ2v) is 18.0. The summed E-state index contributed by atoms with van der Waals surface area (Å²) in [6.07, 6.45) is 0. The Kier molecular flexibility index (Phi) is 7.74. The lowest BCUT2D eigenvalue weighted by atomic mass is 9.67. The molecule has 0 spiro atoms. The van der Waals surface area contributed by atoms with Crippen molar-refractivity contribution >= 4 is 60.9 Å². The smallest absolute Gasteiger partial charge is 0.159 e. The fraction of sp³-hybridized carbons (Fsp3) is 0.0476. The highest BCUT2D eigenvalue weighted by molar-refractivity contribution is 6.12. The summed E-state index contributed by atoms with van der Waals surface area (Å²) < 4.78 is 13.9. The molecular weight excluding hydrogens is 803 g/mol.